The Morgan fingerprint density at radius 2 is 1.95 bits per heavy atom. The molecule has 2 rings (SSSR count). The summed E-state index contributed by atoms with van der Waals surface area (Å²) in [5.41, 5.74) is 8.79. The first-order chi connectivity index (χ1) is 10.2. The molecule has 0 atom stereocenters. The van der Waals surface area contributed by atoms with E-state index in [0.29, 0.717) is 11.3 Å². The van der Waals surface area contributed by atoms with E-state index in [4.69, 9.17) is 10.5 Å². The highest BCUT2D eigenvalue weighted by Gasteiger charge is 2.10. The van der Waals surface area contributed by atoms with Gasteiger partial charge < -0.3 is 15.8 Å². The van der Waals surface area contributed by atoms with E-state index < -0.39 is 5.97 Å². The summed E-state index contributed by atoms with van der Waals surface area (Å²) >= 11 is 0. The standard InChI is InChI=1S/C17H20N2O2/c1-21-17(20)15-12-14(9-10-16(15)18)19-11-5-8-13-6-3-2-4-7-13/h2-4,6-7,9-10,12,19H,5,8,11,18H2,1H3. The number of hydrogen-bond acceptors (Lipinski definition) is 4. The molecule has 110 valence electrons. The van der Waals surface area contributed by atoms with Crippen LogP contribution in [-0.2, 0) is 11.2 Å². The van der Waals surface area contributed by atoms with Gasteiger partial charge >= 0.3 is 5.97 Å². The van der Waals surface area contributed by atoms with E-state index in [-0.39, 0.29) is 0 Å². The number of anilines is 2. The molecule has 21 heavy (non-hydrogen) atoms. The molecule has 0 spiro atoms. The molecular weight excluding hydrogens is 264 g/mol. The van der Waals surface area contributed by atoms with Gasteiger partial charge in [-0.1, -0.05) is 30.3 Å². The molecule has 0 unspecified atom stereocenters. The van der Waals surface area contributed by atoms with Crippen molar-refractivity contribution in [2.24, 2.45) is 0 Å². The Morgan fingerprint density at radius 1 is 1.19 bits per heavy atom. The second kappa shape index (κ2) is 7.33. The number of nitrogens with two attached hydrogens (primary N) is 1. The molecular formula is C17H20N2O2. The van der Waals surface area contributed by atoms with Gasteiger partial charge in [-0.05, 0) is 36.6 Å². The van der Waals surface area contributed by atoms with Crippen LogP contribution in [-0.4, -0.2) is 19.6 Å². The lowest BCUT2D eigenvalue weighted by Crippen LogP contribution is -2.08. The zero-order valence-electron chi connectivity index (χ0n) is 12.1. The van der Waals surface area contributed by atoms with Crippen LogP contribution < -0.4 is 11.1 Å². The molecule has 2 aromatic carbocycles. The second-order valence-electron chi connectivity index (χ2n) is 4.81. The number of aryl methyl sites for hydroxylation is 1. The average molecular weight is 284 g/mol. The van der Waals surface area contributed by atoms with E-state index in [0.717, 1.165) is 25.1 Å². The first-order valence-electron chi connectivity index (χ1n) is 6.96. The Labute approximate surface area is 124 Å². The van der Waals surface area contributed by atoms with E-state index >= 15 is 0 Å². The molecule has 4 heteroatoms. The SMILES string of the molecule is COC(=O)c1cc(NCCCc2ccccc2)ccc1N. The topological polar surface area (TPSA) is 64.3 Å². The Hall–Kier alpha value is -2.49. The highest BCUT2D eigenvalue weighted by molar-refractivity contribution is 5.96. The normalized spacial score (nSPS) is 10.1. The van der Waals surface area contributed by atoms with Gasteiger partial charge in [0.05, 0.1) is 12.7 Å². The third kappa shape index (κ3) is 4.24. The van der Waals surface area contributed by atoms with Crippen LogP contribution in [0.2, 0.25) is 0 Å². The molecule has 3 N–H and O–H groups in total. The number of rotatable bonds is 6. The minimum absolute atomic E-state index is 0.394. The van der Waals surface area contributed by atoms with E-state index in [1.807, 2.05) is 24.3 Å². The lowest BCUT2D eigenvalue weighted by atomic mass is 10.1. The van der Waals surface area contributed by atoms with Gasteiger partial charge in [0, 0.05) is 17.9 Å². The Balaban J connectivity index is 1.87. The van der Waals surface area contributed by atoms with Crippen molar-refractivity contribution in [1.82, 2.24) is 0 Å². The molecule has 0 bridgehead atoms. The Morgan fingerprint density at radius 3 is 2.67 bits per heavy atom. The van der Waals surface area contributed by atoms with E-state index in [1.165, 1.54) is 12.7 Å². The molecule has 0 fully saturated rings. The van der Waals surface area contributed by atoms with Crippen LogP contribution in [0.5, 0.6) is 0 Å². The number of carbonyl (C=O) groups is 1. The van der Waals surface area contributed by atoms with E-state index in [2.05, 4.69) is 17.4 Å². The van der Waals surface area contributed by atoms with Gasteiger partial charge in [-0.2, -0.15) is 0 Å². The summed E-state index contributed by atoms with van der Waals surface area (Å²) in [4.78, 5) is 11.6. The molecule has 0 heterocycles. The fraction of sp³-hybridized carbons (Fsp3) is 0.235. The summed E-state index contributed by atoms with van der Waals surface area (Å²) in [7, 11) is 1.35. The average Bonchev–Trinajstić information content (AvgIpc) is 2.53. The number of nitrogens with one attached hydrogen (secondary N) is 1. The summed E-state index contributed by atoms with van der Waals surface area (Å²) in [5.74, 6) is -0.416. The number of hydrogen-bond donors (Lipinski definition) is 2. The van der Waals surface area contributed by atoms with Crippen LogP contribution in [0.3, 0.4) is 0 Å². The van der Waals surface area contributed by atoms with Crippen molar-refractivity contribution in [2.75, 3.05) is 24.7 Å². The van der Waals surface area contributed by atoms with Crippen molar-refractivity contribution >= 4 is 17.3 Å². The number of ether oxygens (including phenoxy) is 1. The minimum atomic E-state index is -0.416. The van der Waals surface area contributed by atoms with E-state index in [9.17, 15) is 4.79 Å². The van der Waals surface area contributed by atoms with Crippen LogP contribution in [0.4, 0.5) is 11.4 Å². The van der Waals surface area contributed by atoms with Gasteiger partial charge in [0.25, 0.3) is 0 Å². The number of methoxy groups -OCH3 is 1. The lowest BCUT2D eigenvalue weighted by Gasteiger charge is -2.09. The van der Waals surface area contributed by atoms with Crippen LogP contribution in [0.25, 0.3) is 0 Å². The zero-order chi connectivity index (χ0) is 15.1. The Kier molecular flexibility index (Phi) is 5.21. The fourth-order valence-corrected chi connectivity index (χ4v) is 2.12. The predicted molar refractivity (Wildman–Crippen MR) is 85.4 cm³/mol. The van der Waals surface area contributed by atoms with Gasteiger partial charge in [0.2, 0.25) is 0 Å². The zero-order valence-corrected chi connectivity index (χ0v) is 12.1. The number of nitrogen functional groups attached to an aromatic ring is 1. The van der Waals surface area contributed by atoms with Crippen molar-refractivity contribution in [1.29, 1.82) is 0 Å². The molecule has 0 aliphatic rings. The molecule has 2 aromatic rings. The molecule has 0 amide bonds. The van der Waals surface area contributed by atoms with Gasteiger partial charge in [-0.15, -0.1) is 0 Å². The molecule has 0 aromatic heterocycles. The van der Waals surface area contributed by atoms with Gasteiger partial charge in [0.1, 0.15) is 0 Å². The van der Waals surface area contributed by atoms with E-state index in [1.54, 1.807) is 12.1 Å². The summed E-state index contributed by atoms with van der Waals surface area (Å²) in [6.45, 7) is 0.833. The van der Waals surface area contributed by atoms with Gasteiger partial charge in [-0.25, -0.2) is 4.79 Å². The highest BCUT2D eigenvalue weighted by Crippen LogP contribution is 2.18. The minimum Gasteiger partial charge on any atom is -0.465 e. The van der Waals surface area contributed by atoms with Crippen molar-refractivity contribution < 1.29 is 9.53 Å². The largest absolute Gasteiger partial charge is 0.465 e. The quantitative estimate of drug-likeness (QED) is 0.486. The summed E-state index contributed by atoms with van der Waals surface area (Å²) in [5, 5.41) is 3.30. The maximum Gasteiger partial charge on any atom is 0.340 e. The third-order valence-corrected chi connectivity index (χ3v) is 3.27. The number of benzene rings is 2. The molecule has 0 saturated carbocycles. The van der Waals surface area contributed by atoms with Crippen molar-refractivity contribution in [3.63, 3.8) is 0 Å². The summed E-state index contributed by atoms with van der Waals surface area (Å²) in [6, 6.07) is 15.7. The van der Waals surface area contributed by atoms with Crippen LogP contribution in [0.1, 0.15) is 22.3 Å². The molecule has 0 radical (unpaired) electrons. The van der Waals surface area contributed by atoms with Gasteiger partial charge in [0.15, 0.2) is 0 Å². The van der Waals surface area contributed by atoms with Gasteiger partial charge in [-0.3, -0.25) is 0 Å². The van der Waals surface area contributed by atoms with Crippen molar-refractivity contribution in [3.8, 4) is 0 Å². The maximum absolute atomic E-state index is 11.6. The monoisotopic (exact) mass is 284 g/mol. The van der Waals surface area contributed by atoms with Crippen LogP contribution in [0.15, 0.2) is 48.5 Å². The first-order valence-corrected chi connectivity index (χ1v) is 6.96. The molecule has 4 nitrogen and oxygen atoms in total. The van der Waals surface area contributed by atoms with Crippen LogP contribution >= 0.6 is 0 Å². The predicted octanol–water partition coefficient (Wildman–Crippen LogP) is 3.10. The van der Waals surface area contributed by atoms with Crippen molar-refractivity contribution in [3.05, 3.63) is 59.7 Å². The summed E-state index contributed by atoms with van der Waals surface area (Å²) in [6.07, 6.45) is 2.04. The molecule has 0 aliphatic carbocycles. The van der Waals surface area contributed by atoms with Crippen molar-refractivity contribution in [2.45, 2.75) is 12.8 Å². The Bertz CT molecular complexity index is 597. The molecule has 0 aliphatic heterocycles. The second-order valence-corrected chi connectivity index (χ2v) is 4.81. The first kappa shape index (κ1) is 14.9. The molecule has 0 saturated heterocycles. The lowest BCUT2D eigenvalue weighted by molar-refractivity contribution is 0.0602. The fourth-order valence-electron chi connectivity index (χ4n) is 2.12. The van der Waals surface area contributed by atoms with Crippen LogP contribution in [0, 0.1) is 0 Å². The number of esters is 1. The highest BCUT2D eigenvalue weighted by atomic mass is 16.5. The number of carbonyl (C=O) groups excluding carboxylic acids is 1. The maximum atomic E-state index is 11.6. The summed E-state index contributed by atoms with van der Waals surface area (Å²) < 4.78 is 4.71. The smallest absolute Gasteiger partial charge is 0.340 e. The third-order valence-electron chi connectivity index (χ3n) is 3.27.